The number of ether oxygens (including phenoxy) is 1. The SMILES string of the molecule is CCCC(C)(C)Nc1cc(N)cc(OCC)c1. The molecule has 1 aromatic carbocycles. The molecular formula is C14H24N2O. The second kappa shape index (κ2) is 5.80. The smallest absolute Gasteiger partial charge is 0.123 e. The van der Waals surface area contributed by atoms with Crippen LogP contribution in [0.5, 0.6) is 5.75 Å². The zero-order valence-corrected chi connectivity index (χ0v) is 11.3. The number of hydrogen-bond donors (Lipinski definition) is 2. The van der Waals surface area contributed by atoms with E-state index in [-0.39, 0.29) is 5.54 Å². The highest BCUT2D eigenvalue weighted by atomic mass is 16.5. The maximum atomic E-state index is 5.86. The van der Waals surface area contributed by atoms with Crippen molar-refractivity contribution < 1.29 is 4.74 Å². The van der Waals surface area contributed by atoms with E-state index in [0.717, 1.165) is 30.0 Å². The highest BCUT2D eigenvalue weighted by molar-refractivity contribution is 5.60. The molecular weight excluding hydrogens is 212 g/mol. The Bertz CT molecular complexity index is 361. The minimum absolute atomic E-state index is 0.0754. The van der Waals surface area contributed by atoms with Crippen molar-refractivity contribution in [3.05, 3.63) is 18.2 Å². The molecule has 3 N–H and O–H groups in total. The molecule has 0 aliphatic rings. The van der Waals surface area contributed by atoms with Gasteiger partial charge in [-0.05, 0) is 33.3 Å². The zero-order chi connectivity index (χ0) is 12.9. The van der Waals surface area contributed by atoms with Crippen LogP contribution < -0.4 is 15.8 Å². The fourth-order valence-electron chi connectivity index (χ4n) is 2.02. The monoisotopic (exact) mass is 236 g/mol. The molecule has 0 atom stereocenters. The van der Waals surface area contributed by atoms with Gasteiger partial charge in [-0.25, -0.2) is 0 Å². The summed E-state index contributed by atoms with van der Waals surface area (Å²) in [5, 5.41) is 3.50. The number of anilines is 2. The molecule has 96 valence electrons. The van der Waals surface area contributed by atoms with E-state index in [4.69, 9.17) is 10.5 Å². The van der Waals surface area contributed by atoms with Gasteiger partial charge in [0.25, 0.3) is 0 Å². The molecule has 3 heteroatoms. The largest absolute Gasteiger partial charge is 0.494 e. The summed E-state index contributed by atoms with van der Waals surface area (Å²) in [5.41, 5.74) is 7.69. The van der Waals surface area contributed by atoms with Crippen molar-refractivity contribution >= 4 is 11.4 Å². The first-order valence-corrected chi connectivity index (χ1v) is 6.28. The second-order valence-electron chi connectivity index (χ2n) is 4.98. The Morgan fingerprint density at radius 3 is 2.53 bits per heavy atom. The fraction of sp³-hybridized carbons (Fsp3) is 0.571. The molecule has 0 spiro atoms. The lowest BCUT2D eigenvalue weighted by molar-refractivity contribution is 0.340. The summed E-state index contributed by atoms with van der Waals surface area (Å²) < 4.78 is 5.48. The Labute approximate surface area is 104 Å². The van der Waals surface area contributed by atoms with Gasteiger partial charge in [0.15, 0.2) is 0 Å². The molecule has 0 aliphatic carbocycles. The van der Waals surface area contributed by atoms with Crippen LogP contribution in [0.2, 0.25) is 0 Å². The number of nitrogens with two attached hydrogens (primary N) is 1. The lowest BCUT2D eigenvalue weighted by atomic mass is 9.98. The van der Waals surface area contributed by atoms with E-state index >= 15 is 0 Å². The minimum atomic E-state index is 0.0754. The fourth-order valence-corrected chi connectivity index (χ4v) is 2.02. The van der Waals surface area contributed by atoms with E-state index in [0.29, 0.717) is 6.61 Å². The summed E-state index contributed by atoms with van der Waals surface area (Å²) in [6.45, 7) is 9.20. The zero-order valence-electron chi connectivity index (χ0n) is 11.3. The molecule has 0 aromatic heterocycles. The molecule has 0 bridgehead atoms. The van der Waals surface area contributed by atoms with Gasteiger partial charge < -0.3 is 15.8 Å². The topological polar surface area (TPSA) is 47.3 Å². The number of hydrogen-bond acceptors (Lipinski definition) is 3. The van der Waals surface area contributed by atoms with Crippen LogP contribution in [0, 0.1) is 0 Å². The van der Waals surface area contributed by atoms with Gasteiger partial charge in [0.05, 0.1) is 6.61 Å². The van der Waals surface area contributed by atoms with Crippen molar-refractivity contribution in [3.63, 3.8) is 0 Å². The Morgan fingerprint density at radius 1 is 1.24 bits per heavy atom. The van der Waals surface area contributed by atoms with Crippen LogP contribution in [0.4, 0.5) is 11.4 Å². The van der Waals surface area contributed by atoms with E-state index < -0.39 is 0 Å². The van der Waals surface area contributed by atoms with Crippen molar-refractivity contribution in [3.8, 4) is 5.75 Å². The molecule has 1 aromatic rings. The van der Waals surface area contributed by atoms with Crippen molar-refractivity contribution in [1.29, 1.82) is 0 Å². The molecule has 0 aliphatic heterocycles. The normalized spacial score (nSPS) is 11.3. The minimum Gasteiger partial charge on any atom is -0.494 e. The van der Waals surface area contributed by atoms with Crippen LogP contribution in [-0.2, 0) is 0 Å². The van der Waals surface area contributed by atoms with Crippen LogP contribution in [0.15, 0.2) is 18.2 Å². The Balaban J connectivity index is 2.83. The maximum absolute atomic E-state index is 5.86. The maximum Gasteiger partial charge on any atom is 0.123 e. The molecule has 0 unspecified atom stereocenters. The molecule has 3 nitrogen and oxygen atoms in total. The highest BCUT2D eigenvalue weighted by Crippen LogP contribution is 2.26. The summed E-state index contributed by atoms with van der Waals surface area (Å²) in [4.78, 5) is 0. The van der Waals surface area contributed by atoms with Crippen LogP contribution in [-0.4, -0.2) is 12.1 Å². The van der Waals surface area contributed by atoms with Gasteiger partial charge in [0, 0.05) is 29.0 Å². The molecule has 0 saturated carbocycles. The number of nitrogen functional groups attached to an aromatic ring is 1. The van der Waals surface area contributed by atoms with Crippen molar-refractivity contribution in [2.45, 2.75) is 46.1 Å². The van der Waals surface area contributed by atoms with Gasteiger partial charge in [-0.1, -0.05) is 13.3 Å². The quantitative estimate of drug-likeness (QED) is 0.741. The third kappa shape index (κ3) is 4.55. The first-order chi connectivity index (χ1) is 7.96. The molecule has 0 fully saturated rings. The second-order valence-corrected chi connectivity index (χ2v) is 4.98. The Kier molecular flexibility index (Phi) is 4.67. The first kappa shape index (κ1) is 13.7. The summed E-state index contributed by atoms with van der Waals surface area (Å²) >= 11 is 0. The standard InChI is InChI=1S/C14H24N2O/c1-5-7-14(3,4)16-12-8-11(15)9-13(10-12)17-6-2/h8-10,16H,5-7,15H2,1-4H3. The van der Waals surface area contributed by atoms with Crippen molar-refractivity contribution in [2.75, 3.05) is 17.7 Å². The van der Waals surface area contributed by atoms with E-state index in [1.54, 1.807) is 0 Å². The van der Waals surface area contributed by atoms with Gasteiger partial charge in [-0.15, -0.1) is 0 Å². The highest BCUT2D eigenvalue weighted by Gasteiger charge is 2.16. The van der Waals surface area contributed by atoms with E-state index in [1.807, 2.05) is 25.1 Å². The van der Waals surface area contributed by atoms with E-state index in [9.17, 15) is 0 Å². The summed E-state index contributed by atoms with van der Waals surface area (Å²) in [6.07, 6.45) is 2.27. The number of rotatable bonds is 6. The molecule has 0 saturated heterocycles. The predicted octanol–water partition coefficient (Wildman–Crippen LogP) is 3.66. The molecule has 0 amide bonds. The number of benzene rings is 1. The Morgan fingerprint density at radius 2 is 1.94 bits per heavy atom. The lowest BCUT2D eigenvalue weighted by Gasteiger charge is -2.27. The molecule has 0 heterocycles. The van der Waals surface area contributed by atoms with Gasteiger partial charge in [0.2, 0.25) is 0 Å². The molecule has 1 rings (SSSR count). The van der Waals surface area contributed by atoms with Crippen LogP contribution in [0.3, 0.4) is 0 Å². The summed E-state index contributed by atoms with van der Waals surface area (Å²) in [5.74, 6) is 0.822. The van der Waals surface area contributed by atoms with Crippen molar-refractivity contribution in [2.24, 2.45) is 0 Å². The average Bonchev–Trinajstić information content (AvgIpc) is 2.15. The summed E-state index contributed by atoms with van der Waals surface area (Å²) in [7, 11) is 0. The van der Waals surface area contributed by atoms with Crippen LogP contribution >= 0.6 is 0 Å². The molecule has 17 heavy (non-hydrogen) atoms. The third-order valence-electron chi connectivity index (χ3n) is 2.60. The van der Waals surface area contributed by atoms with Crippen LogP contribution in [0.1, 0.15) is 40.5 Å². The summed E-state index contributed by atoms with van der Waals surface area (Å²) in [6, 6.07) is 5.79. The van der Waals surface area contributed by atoms with Crippen molar-refractivity contribution in [1.82, 2.24) is 0 Å². The Hall–Kier alpha value is -1.38. The first-order valence-electron chi connectivity index (χ1n) is 6.28. The van der Waals surface area contributed by atoms with Gasteiger partial charge in [-0.3, -0.25) is 0 Å². The van der Waals surface area contributed by atoms with Gasteiger partial charge in [0.1, 0.15) is 5.75 Å². The average molecular weight is 236 g/mol. The van der Waals surface area contributed by atoms with E-state index in [2.05, 4.69) is 26.1 Å². The lowest BCUT2D eigenvalue weighted by Crippen LogP contribution is -2.30. The van der Waals surface area contributed by atoms with Crippen LogP contribution in [0.25, 0.3) is 0 Å². The van der Waals surface area contributed by atoms with Gasteiger partial charge >= 0.3 is 0 Å². The van der Waals surface area contributed by atoms with Gasteiger partial charge in [-0.2, -0.15) is 0 Å². The van der Waals surface area contributed by atoms with E-state index in [1.165, 1.54) is 0 Å². The molecule has 0 radical (unpaired) electrons. The predicted molar refractivity (Wildman–Crippen MR) is 74.6 cm³/mol. The third-order valence-corrected chi connectivity index (χ3v) is 2.60. The number of nitrogens with one attached hydrogen (secondary N) is 1.